The molecule has 1 amide bonds. The van der Waals surface area contributed by atoms with E-state index in [4.69, 9.17) is 10.5 Å². The van der Waals surface area contributed by atoms with Crippen LogP contribution in [0.15, 0.2) is 6.20 Å². The Morgan fingerprint density at radius 2 is 2.25 bits per heavy atom. The van der Waals surface area contributed by atoms with Crippen molar-refractivity contribution in [1.82, 2.24) is 20.6 Å². The lowest BCUT2D eigenvalue weighted by Gasteiger charge is -2.29. The molecule has 0 aromatic carbocycles. The molecule has 0 bridgehead atoms. The van der Waals surface area contributed by atoms with Crippen LogP contribution in [0.5, 0.6) is 0 Å². The van der Waals surface area contributed by atoms with Crippen LogP contribution in [0, 0.1) is 5.41 Å². The number of carbonyl (C=O) groups excluding carboxylic acids is 2. The topological polar surface area (TPSA) is 119 Å². The van der Waals surface area contributed by atoms with E-state index in [9.17, 15) is 9.59 Å². The fourth-order valence-electron chi connectivity index (χ4n) is 3.46. The number of carbonyl (C=O) groups is 2. The second kappa shape index (κ2) is 6.72. The molecule has 24 heavy (non-hydrogen) atoms. The molecule has 1 unspecified atom stereocenters. The number of hydrogen-bond acceptors (Lipinski definition) is 7. The highest BCUT2D eigenvalue weighted by molar-refractivity contribution is 5.95. The van der Waals surface area contributed by atoms with Crippen molar-refractivity contribution in [3.8, 4) is 0 Å². The number of nitrogen functional groups attached to an aromatic ring is 1. The van der Waals surface area contributed by atoms with Crippen LogP contribution in [-0.4, -0.2) is 47.6 Å². The highest BCUT2D eigenvalue weighted by Gasteiger charge is 2.49. The predicted molar refractivity (Wildman–Crippen MR) is 87.2 cm³/mol. The molecule has 3 heterocycles. The molecule has 0 saturated carbocycles. The van der Waals surface area contributed by atoms with Crippen LogP contribution in [0.3, 0.4) is 0 Å². The number of nitrogens with two attached hydrogens (primary N) is 1. The Hall–Kier alpha value is -2.22. The standard InChI is InChI=1S/C16H23N5O3/c1-2-12-11(9-20-15(17)21-12)13(22)19-8-10-7-16(14(23)24-10)3-5-18-6-4-16/h9-10,18H,2-8H2,1H3,(H,19,22)(H2,17,20,21). The molecular formula is C16H23N5O3. The molecule has 2 fully saturated rings. The first kappa shape index (κ1) is 16.6. The Labute approximate surface area is 140 Å². The quantitative estimate of drug-likeness (QED) is 0.665. The molecule has 4 N–H and O–H groups in total. The van der Waals surface area contributed by atoms with E-state index >= 15 is 0 Å². The van der Waals surface area contributed by atoms with E-state index in [-0.39, 0.29) is 29.3 Å². The normalized spacial score (nSPS) is 22.4. The van der Waals surface area contributed by atoms with E-state index < -0.39 is 0 Å². The first-order valence-electron chi connectivity index (χ1n) is 8.35. The maximum absolute atomic E-state index is 12.4. The monoisotopic (exact) mass is 333 g/mol. The molecule has 8 nitrogen and oxygen atoms in total. The maximum Gasteiger partial charge on any atom is 0.312 e. The minimum absolute atomic E-state index is 0.131. The third-order valence-electron chi connectivity index (χ3n) is 4.84. The molecule has 0 aliphatic carbocycles. The first-order valence-corrected chi connectivity index (χ1v) is 8.35. The molecule has 1 aromatic heterocycles. The fraction of sp³-hybridized carbons (Fsp3) is 0.625. The molecule has 130 valence electrons. The zero-order valence-electron chi connectivity index (χ0n) is 13.8. The Balaban J connectivity index is 1.60. The number of rotatable bonds is 4. The van der Waals surface area contributed by atoms with Crippen molar-refractivity contribution in [2.45, 2.75) is 38.7 Å². The number of cyclic esters (lactones) is 1. The van der Waals surface area contributed by atoms with Gasteiger partial charge in [-0.1, -0.05) is 6.92 Å². The number of esters is 1. The molecule has 0 radical (unpaired) electrons. The minimum atomic E-state index is -0.375. The highest BCUT2D eigenvalue weighted by Crippen LogP contribution is 2.41. The predicted octanol–water partition coefficient (Wildman–Crippen LogP) is 0.0363. The van der Waals surface area contributed by atoms with Gasteiger partial charge in [0.25, 0.3) is 5.91 Å². The second-order valence-electron chi connectivity index (χ2n) is 6.41. The Morgan fingerprint density at radius 3 is 2.96 bits per heavy atom. The van der Waals surface area contributed by atoms with E-state index in [1.807, 2.05) is 6.92 Å². The number of hydrogen-bond donors (Lipinski definition) is 3. The van der Waals surface area contributed by atoms with E-state index in [1.165, 1.54) is 6.20 Å². The number of aryl methyl sites for hydroxylation is 1. The minimum Gasteiger partial charge on any atom is -0.460 e. The van der Waals surface area contributed by atoms with Crippen molar-refractivity contribution < 1.29 is 14.3 Å². The van der Waals surface area contributed by atoms with Gasteiger partial charge in [-0.3, -0.25) is 9.59 Å². The van der Waals surface area contributed by atoms with Crippen LogP contribution in [0.4, 0.5) is 5.95 Å². The second-order valence-corrected chi connectivity index (χ2v) is 6.41. The van der Waals surface area contributed by atoms with Crippen LogP contribution in [0.2, 0.25) is 0 Å². The van der Waals surface area contributed by atoms with E-state index in [1.54, 1.807) is 0 Å². The van der Waals surface area contributed by atoms with Crippen LogP contribution in [0.1, 0.15) is 42.2 Å². The summed E-state index contributed by atoms with van der Waals surface area (Å²) in [6.07, 6.45) is 3.99. The van der Waals surface area contributed by atoms with Gasteiger partial charge in [0.05, 0.1) is 23.2 Å². The Bertz CT molecular complexity index is 643. The lowest BCUT2D eigenvalue weighted by atomic mass is 9.76. The molecule has 2 aliphatic heterocycles. The smallest absolute Gasteiger partial charge is 0.312 e. The molecule has 1 aromatic rings. The van der Waals surface area contributed by atoms with Crippen LogP contribution in [-0.2, 0) is 16.0 Å². The summed E-state index contributed by atoms with van der Waals surface area (Å²) in [6.45, 7) is 3.86. The van der Waals surface area contributed by atoms with E-state index in [0.29, 0.717) is 30.6 Å². The van der Waals surface area contributed by atoms with Crippen molar-refractivity contribution >= 4 is 17.8 Å². The van der Waals surface area contributed by atoms with Crippen molar-refractivity contribution in [3.63, 3.8) is 0 Å². The SMILES string of the molecule is CCc1nc(N)ncc1C(=O)NCC1CC2(CCNCC2)C(=O)O1. The van der Waals surface area contributed by atoms with E-state index in [2.05, 4.69) is 20.6 Å². The third kappa shape index (κ3) is 3.19. The maximum atomic E-state index is 12.4. The van der Waals surface area contributed by atoms with Crippen molar-refractivity contribution in [3.05, 3.63) is 17.5 Å². The number of anilines is 1. The van der Waals surface area contributed by atoms with Crippen molar-refractivity contribution in [1.29, 1.82) is 0 Å². The zero-order valence-corrected chi connectivity index (χ0v) is 13.8. The van der Waals surface area contributed by atoms with Gasteiger partial charge in [0.2, 0.25) is 5.95 Å². The van der Waals surface area contributed by atoms with Gasteiger partial charge < -0.3 is 21.1 Å². The van der Waals surface area contributed by atoms with Gasteiger partial charge in [0.15, 0.2) is 0 Å². The Kier molecular flexibility index (Phi) is 4.66. The molecule has 1 atom stereocenters. The van der Waals surface area contributed by atoms with E-state index in [0.717, 1.165) is 25.9 Å². The summed E-state index contributed by atoms with van der Waals surface area (Å²) in [5, 5.41) is 6.08. The first-order chi connectivity index (χ1) is 11.5. The van der Waals surface area contributed by atoms with Crippen molar-refractivity contribution in [2.24, 2.45) is 5.41 Å². The average Bonchev–Trinajstić information content (AvgIpc) is 2.88. The summed E-state index contributed by atoms with van der Waals surface area (Å²) >= 11 is 0. The number of piperidine rings is 1. The number of amides is 1. The lowest BCUT2D eigenvalue weighted by molar-refractivity contribution is -0.149. The molecule has 8 heteroatoms. The van der Waals surface area contributed by atoms with Gasteiger partial charge in [-0.25, -0.2) is 9.97 Å². The summed E-state index contributed by atoms with van der Waals surface area (Å²) in [6, 6.07) is 0. The zero-order chi connectivity index (χ0) is 17.2. The molecule has 2 aliphatic rings. The number of nitrogens with zero attached hydrogens (tertiary/aromatic N) is 2. The van der Waals surface area contributed by atoms with Crippen LogP contribution >= 0.6 is 0 Å². The number of ether oxygens (including phenoxy) is 1. The van der Waals surface area contributed by atoms with Gasteiger partial charge in [-0.2, -0.15) is 0 Å². The molecule has 1 spiro atoms. The average molecular weight is 333 g/mol. The lowest BCUT2D eigenvalue weighted by Crippen LogP contribution is -2.39. The number of aromatic nitrogens is 2. The summed E-state index contributed by atoms with van der Waals surface area (Å²) < 4.78 is 5.48. The van der Waals surface area contributed by atoms with Gasteiger partial charge in [0.1, 0.15) is 6.10 Å². The highest BCUT2D eigenvalue weighted by atomic mass is 16.6. The summed E-state index contributed by atoms with van der Waals surface area (Å²) in [5.41, 5.74) is 6.20. The fourth-order valence-corrected chi connectivity index (χ4v) is 3.46. The summed E-state index contributed by atoms with van der Waals surface area (Å²) in [4.78, 5) is 32.5. The summed E-state index contributed by atoms with van der Waals surface area (Å²) in [7, 11) is 0. The van der Waals surface area contributed by atoms with Gasteiger partial charge in [0, 0.05) is 12.6 Å². The summed E-state index contributed by atoms with van der Waals surface area (Å²) in [5.74, 6) is -0.247. The largest absolute Gasteiger partial charge is 0.460 e. The van der Waals surface area contributed by atoms with Gasteiger partial charge in [-0.05, 0) is 32.4 Å². The molecular weight excluding hydrogens is 310 g/mol. The van der Waals surface area contributed by atoms with Crippen LogP contribution < -0.4 is 16.4 Å². The third-order valence-corrected chi connectivity index (χ3v) is 4.84. The molecule has 2 saturated heterocycles. The van der Waals surface area contributed by atoms with Gasteiger partial charge in [-0.15, -0.1) is 0 Å². The van der Waals surface area contributed by atoms with Crippen molar-refractivity contribution in [2.75, 3.05) is 25.4 Å². The van der Waals surface area contributed by atoms with Crippen LogP contribution in [0.25, 0.3) is 0 Å². The Morgan fingerprint density at radius 1 is 1.50 bits per heavy atom. The number of nitrogens with one attached hydrogen (secondary N) is 2. The molecule has 3 rings (SSSR count). The van der Waals surface area contributed by atoms with Gasteiger partial charge >= 0.3 is 5.97 Å².